The number of carbonyl (C=O) groups is 1. The molecule has 4 heteroatoms. The van der Waals surface area contributed by atoms with Crippen molar-refractivity contribution in [1.82, 2.24) is 0 Å². The Balaban J connectivity index is 1.57. The Hall–Kier alpha value is -3.01. The standard InChI is InChI=1S/C19H14O4/c20-15(18-12-14-3-1-2-4-16(14)23-18)7-5-13-6-8-17-19(11-13)22-10-9-21-17/h1-8,11-12H,9-10H2/b7-5+. The number of ketones is 1. The third kappa shape index (κ3) is 2.71. The van der Waals surface area contributed by atoms with Gasteiger partial charge in [0.25, 0.3) is 0 Å². The maximum Gasteiger partial charge on any atom is 0.221 e. The van der Waals surface area contributed by atoms with Crippen molar-refractivity contribution >= 4 is 22.8 Å². The molecule has 2 aromatic carbocycles. The summed E-state index contributed by atoms with van der Waals surface area (Å²) in [4.78, 5) is 12.2. The first kappa shape index (κ1) is 13.6. The first-order chi connectivity index (χ1) is 11.3. The second kappa shape index (κ2) is 5.65. The minimum absolute atomic E-state index is 0.170. The number of carbonyl (C=O) groups excluding carboxylic acids is 1. The summed E-state index contributed by atoms with van der Waals surface area (Å²) in [5, 5.41) is 0.920. The van der Waals surface area contributed by atoms with Gasteiger partial charge in [-0.3, -0.25) is 4.79 Å². The van der Waals surface area contributed by atoms with E-state index in [4.69, 9.17) is 13.9 Å². The van der Waals surface area contributed by atoms with Crippen molar-refractivity contribution in [3.63, 3.8) is 0 Å². The molecule has 2 heterocycles. The predicted molar refractivity (Wildman–Crippen MR) is 87.0 cm³/mol. The van der Waals surface area contributed by atoms with Crippen molar-refractivity contribution < 1.29 is 18.7 Å². The van der Waals surface area contributed by atoms with Gasteiger partial charge < -0.3 is 13.9 Å². The van der Waals surface area contributed by atoms with Crippen LogP contribution in [0.5, 0.6) is 11.5 Å². The molecule has 0 saturated heterocycles. The van der Waals surface area contributed by atoms with Crippen molar-refractivity contribution in [3.8, 4) is 11.5 Å². The molecule has 0 N–H and O–H groups in total. The van der Waals surface area contributed by atoms with Gasteiger partial charge >= 0.3 is 0 Å². The zero-order valence-corrected chi connectivity index (χ0v) is 12.3. The van der Waals surface area contributed by atoms with Crippen LogP contribution in [0.15, 0.2) is 59.0 Å². The monoisotopic (exact) mass is 306 g/mol. The van der Waals surface area contributed by atoms with Crippen molar-refractivity contribution in [1.29, 1.82) is 0 Å². The van der Waals surface area contributed by atoms with Gasteiger partial charge in [-0.25, -0.2) is 0 Å². The minimum Gasteiger partial charge on any atom is -0.486 e. The summed E-state index contributed by atoms with van der Waals surface area (Å²) in [6, 6.07) is 14.9. The van der Waals surface area contributed by atoms with E-state index in [0.29, 0.717) is 30.3 Å². The molecule has 1 aromatic heterocycles. The lowest BCUT2D eigenvalue weighted by Crippen LogP contribution is -2.15. The highest BCUT2D eigenvalue weighted by Crippen LogP contribution is 2.31. The molecular weight excluding hydrogens is 292 g/mol. The number of hydrogen-bond acceptors (Lipinski definition) is 4. The molecule has 4 rings (SSSR count). The minimum atomic E-state index is -0.170. The van der Waals surface area contributed by atoms with E-state index in [9.17, 15) is 4.79 Å². The molecule has 114 valence electrons. The maximum absolute atomic E-state index is 12.2. The third-order valence-electron chi connectivity index (χ3n) is 3.66. The number of para-hydroxylation sites is 1. The van der Waals surface area contributed by atoms with Crippen LogP contribution < -0.4 is 9.47 Å². The van der Waals surface area contributed by atoms with E-state index < -0.39 is 0 Å². The highest BCUT2D eigenvalue weighted by molar-refractivity contribution is 6.06. The fourth-order valence-electron chi connectivity index (χ4n) is 2.52. The van der Waals surface area contributed by atoms with Gasteiger partial charge in [-0.1, -0.05) is 30.3 Å². The molecular formula is C19H14O4. The van der Waals surface area contributed by atoms with Gasteiger partial charge in [-0.2, -0.15) is 0 Å². The van der Waals surface area contributed by atoms with Crippen molar-refractivity contribution in [2.75, 3.05) is 13.2 Å². The SMILES string of the molecule is O=C(/C=C/c1ccc2c(c1)OCCO2)c1cc2ccccc2o1. The Morgan fingerprint density at radius 3 is 2.65 bits per heavy atom. The van der Waals surface area contributed by atoms with Crippen LogP contribution in [0.2, 0.25) is 0 Å². The van der Waals surface area contributed by atoms with Gasteiger partial charge in [-0.05, 0) is 35.9 Å². The van der Waals surface area contributed by atoms with Crippen LogP contribution in [-0.4, -0.2) is 19.0 Å². The average molecular weight is 306 g/mol. The number of allylic oxidation sites excluding steroid dienone is 1. The molecule has 0 bridgehead atoms. The molecule has 1 aliphatic rings. The Morgan fingerprint density at radius 1 is 0.957 bits per heavy atom. The number of ether oxygens (including phenoxy) is 2. The lowest BCUT2D eigenvalue weighted by molar-refractivity contribution is 0.102. The Morgan fingerprint density at radius 2 is 1.78 bits per heavy atom. The van der Waals surface area contributed by atoms with Crippen LogP contribution in [-0.2, 0) is 0 Å². The van der Waals surface area contributed by atoms with E-state index >= 15 is 0 Å². The molecule has 3 aromatic rings. The molecule has 0 aliphatic carbocycles. The van der Waals surface area contributed by atoms with Crippen LogP contribution in [0.1, 0.15) is 16.1 Å². The van der Waals surface area contributed by atoms with Crippen LogP contribution in [0, 0.1) is 0 Å². The van der Waals surface area contributed by atoms with Crippen LogP contribution in [0.4, 0.5) is 0 Å². The quantitative estimate of drug-likeness (QED) is 0.540. The van der Waals surface area contributed by atoms with Crippen LogP contribution in [0.3, 0.4) is 0 Å². The average Bonchev–Trinajstić information content (AvgIpc) is 3.04. The van der Waals surface area contributed by atoms with E-state index in [-0.39, 0.29) is 5.78 Å². The fraction of sp³-hybridized carbons (Fsp3) is 0.105. The van der Waals surface area contributed by atoms with Gasteiger partial charge in [-0.15, -0.1) is 0 Å². The van der Waals surface area contributed by atoms with Gasteiger partial charge in [0.1, 0.15) is 18.8 Å². The molecule has 0 saturated carbocycles. The Labute approximate surface area is 132 Å². The summed E-state index contributed by atoms with van der Waals surface area (Å²) in [6.07, 6.45) is 3.25. The van der Waals surface area contributed by atoms with E-state index in [1.165, 1.54) is 6.08 Å². The summed E-state index contributed by atoms with van der Waals surface area (Å²) < 4.78 is 16.6. The molecule has 0 atom stereocenters. The molecule has 23 heavy (non-hydrogen) atoms. The fourth-order valence-corrected chi connectivity index (χ4v) is 2.52. The maximum atomic E-state index is 12.2. The molecule has 0 spiro atoms. The van der Waals surface area contributed by atoms with Gasteiger partial charge in [0, 0.05) is 5.39 Å². The molecule has 0 unspecified atom stereocenters. The predicted octanol–water partition coefficient (Wildman–Crippen LogP) is 4.10. The zero-order valence-electron chi connectivity index (χ0n) is 12.3. The molecule has 4 nitrogen and oxygen atoms in total. The summed E-state index contributed by atoms with van der Waals surface area (Å²) in [5.74, 6) is 1.60. The topological polar surface area (TPSA) is 48.7 Å². The highest BCUT2D eigenvalue weighted by atomic mass is 16.6. The summed E-state index contributed by atoms with van der Waals surface area (Å²) >= 11 is 0. The van der Waals surface area contributed by atoms with Crippen molar-refractivity contribution in [3.05, 3.63) is 65.9 Å². The third-order valence-corrected chi connectivity index (χ3v) is 3.66. The number of rotatable bonds is 3. The van der Waals surface area contributed by atoms with Crippen molar-refractivity contribution in [2.45, 2.75) is 0 Å². The van der Waals surface area contributed by atoms with Gasteiger partial charge in [0.15, 0.2) is 17.3 Å². The first-order valence-electron chi connectivity index (χ1n) is 7.40. The van der Waals surface area contributed by atoms with Crippen LogP contribution >= 0.6 is 0 Å². The largest absolute Gasteiger partial charge is 0.486 e. The second-order valence-electron chi connectivity index (χ2n) is 5.25. The van der Waals surface area contributed by atoms with Gasteiger partial charge in [0.2, 0.25) is 5.78 Å². The van der Waals surface area contributed by atoms with Crippen LogP contribution in [0.25, 0.3) is 17.0 Å². The second-order valence-corrected chi connectivity index (χ2v) is 5.25. The van der Waals surface area contributed by atoms with E-state index in [1.54, 1.807) is 12.1 Å². The lowest BCUT2D eigenvalue weighted by Gasteiger charge is -2.18. The summed E-state index contributed by atoms with van der Waals surface area (Å²) in [7, 11) is 0. The molecule has 0 radical (unpaired) electrons. The Bertz CT molecular complexity index is 872. The highest BCUT2D eigenvalue weighted by Gasteiger charge is 2.12. The number of furan rings is 1. The zero-order chi connectivity index (χ0) is 15.6. The number of fused-ring (bicyclic) bond motifs is 2. The molecule has 0 amide bonds. The molecule has 1 aliphatic heterocycles. The smallest absolute Gasteiger partial charge is 0.221 e. The van der Waals surface area contributed by atoms with E-state index in [2.05, 4.69) is 0 Å². The van der Waals surface area contributed by atoms with E-state index in [0.717, 1.165) is 16.7 Å². The first-order valence-corrected chi connectivity index (χ1v) is 7.40. The summed E-state index contributed by atoms with van der Waals surface area (Å²) in [5.41, 5.74) is 1.59. The number of hydrogen-bond donors (Lipinski definition) is 0. The normalized spacial score (nSPS) is 13.6. The summed E-state index contributed by atoms with van der Waals surface area (Å²) in [6.45, 7) is 1.10. The van der Waals surface area contributed by atoms with E-state index in [1.807, 2.05) is 42.5 Å². The molecule has 0 fully saturated rings. The lowest BCUT2D eigenvalue weighted by atomic mass is 10.1. The van der Waals surface area contributed by atoms with Crippen molar-refractivity contribution in [2.24, 2.45) is 0 Å². The Kier molecular flexibility index (Phi) is 3.35. The van der Waals surface area contributed by atoms with Gasteiger partial charge in [0.05, 0.1) is 0 Å². The number of benzene rings is 2.